The van der Waals surface area contributed by atoms with E-state index in [0.717, 1.165) is 19.4 Å². The molecule has 0 aromatic heterocycles. The van der Waals surface area contributed by atoms with Gasteiger partial charge in [-0.15, -0.1) is 6.58 Å². The predicted molar refractivity (Wildman–Crippen MR) is 48.5 cm³/mol. The third-order valence-electron chi connectivity index (χ3n) is 1.48. The molecule has 2 heteroatoms. The summed E-state index contributed by atoms with van der Waals surface area (Å²) >= 11 is 0. The van der Waals surface area contributed by atoms with E-state index in [1.54, 1.807) is 0 Å². The minimum absolute atomic E-state index is 0.173. The molecule has 0 amide bonds. The van der Waals surface area contributed by atoms with E-state index in [9.17, 15) is 0 Å². The third kappa shape index (κ3) is 7.56. The molecular formula is C9H19NO. The summed E-state index contributed by atoms with van der Waals surface area (Å²) in [5, 5.41) is 0. The van der Waals surface area contributed by atoms with Crippen LogP contribution in [0.15, 0.2) is 12.2 Å². The van der Waals surface area contributed by atoms with Crippen molar-refractivity contribution >= 4 is 0 Å². The zero-order chi connectivity index (χ0) is 8.69. The maximum absolute atomic E-state index is 5.74. The van der Waals surface area contributed by atoms with Crippen molar-refractivity contribution in [2.75, 3.05) is 13.2 Å². The molecule has 0 radical (unpaired) electrons. The Balaban J connectivity index is 3.22. The van der Waals surface area contributed by atoms with Gasteiger partial charge in [-0.2, -0.15) is 0 Å². The number of nitrogens with two attached hydrogens (primary N) is 1. The lowest BCUT2D eigenvalue weighted by Gasteiger charge is -2.10. The molecule has 0 aromatic rings. The Morgan fingerprint density at radius 3 is 2.73 bits per heavy atom. The Morgan fingerprint density at radius 2 is 2.27 bits per heavy atom. The second-order valence-electron chi connectivity index (χ2n) is 2.92. The van der Waals surface area contributed by atoms with Gasteiger partial charge in [-0.1, -0.05) is 5.57 Å². The molecule has 0 saturated carbocycles. The molecular weight excluding hydrogens is 138 g/mol. The Labute approximate surface area is 69.4 Å². The third-order valence-corrected chi connectivity index (χ3v) is 1.48. The maximum atomic E-state index is 5.74. The van der Waals surface area contributed by atoms with Gasteiger partial charge in [-0.25, -0.2) is 0 Å². The van der Waals surface area contributed by atoms with Gasteiger partial charge in [0.25, 0.3) is 0 Å². The molecule has 0 heterocycles. The van der Waals surface area contributed by atoms with Gasteiger partial charge in [-0.05, 0) is 26.7 Å². The Morgan fingerprint density at radius 1 is 1.64 bits per heavy atom. The van der Waals surface area contributed by atoms with E-state index in [1.165, 1.54) is 5.57 Å². The summed E-state index contributed by atoms with van der Waals surface area (Å²) in [6.07, 6.45) is 1.99. The van der Waals surface area contributed by atoms with Gasteiger partial charge in [-0.3, -0.25) is 0 Å². The standard InChI is InChI=1S/C9H19NO/c1-4-11-7-9(10)6-5-8(2)3/h9H,2,4-7,10H2,1,3H3. The van der Waals surface area contributed by atoms with Crippen LogP contribution in [0.5, 0.6) is 0 Å². The summed E-state index contributed by atoms with van der Waals surface area (Å²) in [4.78, 5) is 0. The summed E-state index contributed by atoms with van der Waals surface area (Å²) in [6, 6.07) is 0.173. The SMILES string of the molecule is C=C(C)CCC(N)COCC. The summed E-state index contributed by atoms with van der Waals surface area (Å²) in [6.45, 7) is 9.23. The first-order valence-corrected chi connectivity index (χ1v) is 4.14. The summed E-state index contributed by atoms with van der Waals surface area (Å²) in [5.74, 6) is 0. The first-order chi connectivity index (χ1) is 5.16. The van der Waals surface area contributed by atoms with Crippen LogP contribution in [0.3, 0.4) is 0 Å². The molecule has 1 atom stereocenters. The van der Waals surface area contributed by atoms with Crippen LogP contribution >= 0.6 is 0 Å². The highest BCUT2D eigenvalue weighted by Crippen LogP contribution is 2.02. The van der Waals surface area contributed by atoms with Crippen molar-refractivity contribution in [2.45, 2.75) is 32.7 Å². The molecule has 0 bridgehead atoms. The number of allylic oxidation sites excluding steroid dienone is 1. The van der Waals surface area contributed by atoms with Crippen molar-refractivity contribution in [3.63, 3.8) is 0 Å². The first-order valence-electron chi connectivity index (χ1n) is 4.14. The van der Waals surface area contributed by atoms with Crippen molar-refractivity contribution in [1.82, 2.24) is 0 Å². The fourth-order valence-electron chi connectivity index (χ4n) is 0.784. The molecule has 0 aliphatic rings. The van der Waals surface area contributed by atoms with Crippen LogP contribution in [-0.4, -0.2) is 19.3 Å². The van der Waals surface area contributed by atoms with Crippen LogP contribution < -0.4 is 5.73 Å². The number of hydrogen-bond donors (Lipinski definition) is 1. The van der Waals surface area contributed by atoms with E-state index in [0.29, 0.717) is 6.61 Å². The second-order valence-corrected chi connectivity index (χ2v) is 2.92. The molecule has 0 aliphatic carbocycles. The van der Waals surface area contributed by atoms with Crippen LogP contribution in [0.1, 0.15) is 26.7 Å². The Hall–Kier alpha value is -0.340. The largest absolute Gasteiger partial charge is 0.380 e. The average Bonchev–Trinajstić information content (AvgIpc) is 1.97. The lowest BCUT2D eigenvalue weighted by atomic mass is 10.1. The van der Waals surface area contributed by atoms with Gasteiger partial charge < -0.3 is 10.5 Å². The van der Waals surface area contributed by atoms with E-state index < -0.39 is 0 Å². The highest BCUT2D eigenvalue weighted by Gasteiger charge is 2.00. The summed E-state index contributed by atoms with van der Waals surface area (Å²) < 4.78 is 5.17. The quantitative estimate of drug-likeness (QED) is 0.596. The van der Waals surface area contributed by atoms with Crippen molar-refractivity contribution in [2.24, 2.45) is 5.73 Å². The van der Waals surface area contributed by atoms with Crippen LogP contribution in [0.4, 0.5) is 0 Å². The minimum Gasteiger partial charge on any atom is -0.380 e. The molecule has 0 spiro atoms. The van der Waals surface area contributed by atoms with E-state index >= 15 is 0 Å². The van der Waals surface area contributed by atoms with E-state index in [-0.39, 0.29) is 6.04 Å². The monoisotopic (exact) mass is 157 g/mol. The van der Waals surface area contributed by atoms with Crippen molar-refractivity contribution in [3.05, 3.63) is 12.2 Å². The average molecular weight is 157 g/mol. The first kappa shape index (κ1) is 10.7. The van der Waals surface area contributed by atoms with Gasteiger partial charge in [0.05, 0.1) is 6.61 Å². The molecule has 0 saturated heterocycles. The molecule has 2 nitrogen and oxygen atoms in total. The molecule has 1 unspecified atom stereocenters. The fourth-order valence-corrected chi connectivity index (χ4v) is 0.784. The summed E-state index contributed by atoms with van der Waals surface area (Å²) in [5.41, 5.74) is 6.93. The van der Waals surface area contributed by atoms with Crippen LogP contribution in [0.2, 0.25) is 0 Å². The van der Waals surface area contributed by atoms with Crippen LogP contribution in [0.25, 0.3) is 0 Å². The second kappa shape index (κ2) is 6.38. The van der Waals surface area contributed by atoms with Crippen molar-refractivity contribution in [1.29, 1.82) is 0 Å². The van der Waals surface area contributed by atoms with Crippen molar-refractivity contribution in [3.8, 4) is 0 Å². The molecule has 66 valence electrons. The van der Waals surface area contributed by atoms with Gasteiger partial charge in [0.1, 0.15) is 0 Å². The number of rotatable bonds is 6. The lowest BCUT2D eigenvalue weighted by Crippen LogP contribution is -2.26. The molecule has 0 aromatic carbocycles. The minimum atomic E-state index is 0.173. The maximum Gasteiger partial charge on any atom is 0.0617 e. The van der Waals surface area contributed by atoms with Gasteiger partial charge in [0.2, 0.25) is 0 Å². The zero-order valence-electron chi connectivity index (χ0n) is 7.60. The molecule has 11 heavy (non-hydrogen) atoms. The van der Waals surface area contributed by atoms with E-state index in [1.807, 2.05) is 13.8 Å². The predicted octanol–water partition coefficient (Wildman–Crippen LogP) is 1.71. The molecule has 0 rings (SSSR count). The summed E-state index contributed by atoms with van der Waals surface area (Å²) in [7, 11) is 0. The molecule has 2 N–H and O–H groups in total. The van der Waals surface area contributed by atoms with E-state index in [2.05, 4.69) is 6.58 Å². The number of ether oxygens (including phenoxy) is 1. The smallest absolute Gasteiger partial charge is 0.0617 e. The zero-order valence-corrected chi connectivity index (χ0v) is 7.60. The van der Waals surface area contributed by atoms with Crippen LogP contribution in [-0.2, 0) is 4.74 Å². The van der Waals surface area contributed by atoms with Gasteiger partial charge in [0.15, 0.2) is 0 Å². The van der Waals surface area contributed by atoms with Gasteiger partial charge in [0, 0.05) is 12.6 Å². The van der Waals surface area contributed by atoms with Crippen molar-refractivity contribution < 1.29 is 4.74 Å². The molecule has 0 aliphatic heterocycles. The normalized spacial score (nSPS) is 13.0. The number of hydrogen-bond acceptors (Lipinski definition) is 2. The topological polar surface area (TPSA) is 35.2 Å². The highest BCUT2D eigenvalue weighted by atomic mass is 16.5. The lowest BCUT2D eigenvalue weighted by molar-refractivity contribution is 0.131. The highest BCUT2D eigenvalue weighted by molar-refractivity contribution is 4.88. The van der Waals surface area contributed by atoms with Crippen LogP contribution in [0, 0.1) is 0 Å². The molecule has 0 fully saturated rings. The fraction of sp³-hybridized carbons (Fsp3) is 0.778. The van der Waals surface area contributed by atoms with E-state index in [4.69, 9.17) is 10.5 Å². The Kier molecular flexibility index (Phi) is 6.18. The Bertz CT molecular complexity index is 112. The van der Waals surface area contributed by atoms with Gasteiger partial charge >= 0.3 is 0 Å².